The molecule has 3 aromatic heterocycles. The van der Waals surface area contributed by atoms with Crippen LogP contribution in [0.5, 0.6) is 0 Å². The molecular formula is C15H13FN4O. The van der Waals surface area contributed by atoms with Gasteiger partial charge in [-0.05, 0) is 30.7 Å². The molecule has 3 heterocycles. The van der Waals surface area contributed by atoms with Crippen molar-refractivity contribution < 1.29 is 9.18 Å². The monoisotopic (exact) mass is 284 g/mol. The quantitative estimate of drug-likeness (QED) is 0.725. The Balaban J connectivity index is 1.87. The van der Waals surface area contributed by atoms with Crippen LogP contribution in [0.1, 0.15) is 16.9 Å². The number of H-pyrrole nitrogens is 1. The summed E-state index contributed by atoms with van der Waals surface area (Å²) in [4.78, 5) is 19.6. The van der Waals surface area contributed by atoms with Crippen LogP contribution < -0.4 is 5.73 Å². The Kier molecular flexibility index (Phi) is 2.42. The van der Waals surface area contributed by atoms with Crippen molar-refractivity contribution in [2.24, 2.45) is 5.92 Å². The van der Waals surface area contributed by atoms with Crippen LogP contribution in [-0.2, 0) is 0 Å². The van der Waals surface area contributed by atoms with Crippen molar-refractivity contribution in [2.75, 3.05) is 5.73 Å². The van der Waals surface area contributed by atoms with E-state index in [1.54, 1.807) is 16.7 Å². The van der Waals surface area contributed by atoms with E-state index in [0.717, 1.165) is 11.3 Å². The fourth-order valence-electron chi connectivity index (χ4n) is 2.59. The SMILES string of the molecule is Nc1nc2ccc(-c3ccc[nH]3)cn2c1C(=O)[C@@H]1C[C@@H]1F. The van der Waals surface area contributed by atoms with Gasteiger partial charge in [0.05, 0.1) is 5.92 Å². The molecular weight excluding hydrogens is 271 g/mol. The Morgan fingerprint density at radius 1 is 1.43 bits per heavy atom. The smallest absolute Gasteiger partial charge is 0.189 e. The number of alkyl halides is 1. The van der Waals surface area contributed by atoms with Crippen LogP contribution in [0.3, 0.4) is 0 Å². The second kappa shape index (κ2) is 4.18. The summed E-state index contributed by atoms with van der Waals surface area (Å²) in [6.07, 6.45) is 2.86. The Labute approximate surface area is 119 Å². The van der Waals surface area contributed by atoms with Crippen molar-refractivity contribution in [1.82, 2.24) is 14.4 Å². The highest BCUT2D eigenvalue weighted by atomic mass is 19.1. The Morgan fingerprint density at radius 3 is 2.90 bits per heavy atom. The van der Waals surface area contributed by atoms with Gasteiger partial charge in [-0.2, -0.15) is 0 Å². The second-order valence-corrected chi connectivity index (χ2v) is 5.30. The molecule has 0 unspecified atom stereocenters. The third kappa shape index (κ3) is 1.83. The number of anilines is 1. The number of nitrogens with two attached hydrogens (primary N) is 1. The van der Waals surface area contributed by atoms with Gasteiger partial charge < -0.3 is 10.7 Å². The zero-order chi connectivity index (χ0) is 14.6. The summed E-state index contributed by atoms with van der Waals surface area (Å²) in [6, 6.07) is 7.52. The summed E-state index contributed by atoms with van der Waals surface area (Å²) in [5.74, 6) is -0.680. The van der Waals surface area contributed by atoms with E-state index in [1.165, 1.54) is 0 Å². The van der Waals surface area contributed by atoms with Gasteiger partial charge in [0, 0.05) is 23.7 Å². The number of Topliss-reactive ketones (excluding diaryl/α,β-unsaturated/α-hetero) is 1. The lowest BCUT2D eigenvalue weighted by atomic mass is 10.2. The highest BCUT2D eigenvalue weighted by Crippen LogP contribution is 2.38. The summed E-state index contributed by atoms with van der Waals surface area (Å²) in [5.41, 5.74) is 8.55. The fourth-order valence-corrected chi connectivity index (χ4v) is 2.59. The standard InChI is InChI=1S/C15H13FN4O/c16-10-6-9(10)14(21)13-15(17)19-12-4-3-8(7-20(12)13)11-2-1-5-18-11/h1-5,7,9-10,18H,6,17H2/t9-,10+/m1/s1. The summed E-state index contributed by atoms with van der Waals surface area (Å²) in [6.45, 7) is 0. The number of nitrogens with zero attached hydrogens (tertiary/aromatic N) is 2. The minimum absolute atomic E-state index is 0.155. The Bertz CT molecular complexity index is 837. The van der Waals surface area contributed by atoms with Gasteiger partial charge in [0.25, 0.3) is 0 Å². The number of hydrogen-bond donors (Lipinski definition) is 2. The van der Waals surface area contributed by atoms with E-state index in [2.05, 4.69) is 9.97 Å². The first-order valence-corrected chi connectivity index (χ1v) is 6.75. The normalized spacial score (nSPS) is 20.8. The Hall–Kier alpha value is -2.63. The minimum Gasteiger partial charge on any atom is -0.382 e. The van der Waals surface area contributed by atoms with E-state index >= 15 is 0 Å². The zero-order valence-corrected chi connectivity index (χ0v) is 11.1. The van der Waals surface area contributed by atoms with E-state index in [0.29, 0.717) is 5.65 Å². The average Bonchev–Trinajstić information content (AvgIpc) is 2.91. The number of nitrogens with one attached hydrogen (secondary N) is 1. The lowest BCUT2D eigenvalue weighted by molar-refractivity contribution is 0.0952. The molecule has 5 nitrogen and oxygen atoms in total. The number of rotatable bonds is 3. The van der Waals surface area contributed by atoms with Crippen LogP contribution in [0.15, 0.2) is 36.7 Å². The predicted octanol–water partition coefficient (Wildman–Crippen LogP) is 2.45. The van der Waals surface area contributed by atoms with E-state index in [4.69, 9.17) is 5.73 Å². The van der Waals surface area contributed by atoms with Crippen LogP contribution >= 0.6 is 0 Å². The van der Waals surface area contributed by atoms with Crippen molar-refractivity contribution in [3.63, 3.8) is 0 Å². The lowest BCUT2D eigenvalue weighted by Gasteiger charge is -2.04. The molecule has 0 radical (unpaired) electrons. The molecule has 1 aliphatic carbocycles. The predicted molar refractivity (Wildman–Crippen MR) is 76.7 cm³/mol. The molecule has 106 valence electrons. The number of halogens is 1. The first-order valence-electron chi connectivity index (χ1n) is 6.75. The van der Waals surface area contributed by atoms with E-state index in [1.807, 2.05) is 24.4 Å². The van der Waals surface area contributed by atoms with Gasteiger partial charge in [0.1, 0.15) is 17.5 Å². The van der Waals surface area contributed by atoms with E-state index in [9.17, 15) is 9.18 Å². The molecule has 2 atom stereocenters. The van der Waals surface area contributed by atoms with Gasteiger partial charge in [0.15, 0.2) is 11.6 Å². The van der Waals surface area contributed by atoms with Gasteiger partial charge in [-0.3, -0.25) is 9.20 Å². The number of ketones is 1. The molecule has 0 amide bonds. The number of aromatic amines is 1. The molecule has 0 saturated heterocycles. The van der Waals surface area contributed by atoms with Crippen molar-refractivity contribution in [3.8, 4) is 11.3 Å². The maximum atomic E-state index is 13.2. The number of imidazole rings is 1. The maximum Gasteiger partial charge on any atom is 0.189 e. The highest BCUT2D eigenvalue weighted by Gasteiger charge is 2.45. The molecule has 1 aliphatic rings. The summed E-state index contributed by atoms with van der Waals surface area (Å²) in [5, 5.41) is 0. The average molecular weight is 284 g/mol. The van der Waals surface area contributed by atoms with Gasteiger partial charge in [-0.15, -0.1) is 0 Å². The first-order chi connectivity index (χ1) is 10.1. The zero-order valence-electron chi connectivity index (χ0n) is 11.1. The molecule has 6 heteroatoms. The van der Waals surface area contributed by atoms with E-state index in [-0.39, 0.29) is 23.7 Å². The number of carbonyl (C=O) groups is 1. The number of carbonyl (C=O) groups excluding carboxylic acids is 1. The molecule has 3 N–H and O–H groups in total. The van der Waals surface area contributed by atoms with Crippen molar-refractivity contribution in [2.45, 2.75) is 12.6 Å². The van der Waals surface area contributed by atoms with Gasteiger partial charge in [0.2, 0.25) is 0 Å². The minimum atomic E-state index is -1.05. The molecule has 0 aliphatic heterocycles. The number of fused-ring (bicyclic) bond motifs is 1. The summed E-state index contributed by atoms with van der Waals surface area (Å²) >= 11 is 0. The van der Waals surface area contributed by atoms with E-state index < -0.39 is 12.1 Å². The molecule has 0 spiro atoms. The summed E-state index contributed by atoms with van der Waals surface area (Å²) in [7, 11) is 0. The largest absolute Gasteiger partial charge is 0.382 e. The fraction of sp³-hybridized carbons (Fsp3) is 0.200. The van der Waals surface area contributed by atoms with Crippen LogP contribution in [0.25, 0.3) is 16.9 Å². The topological polar surface area (TPSA) is 76.2 Å². The third-order valence-electron chi connectivity index (χ3n) is 3.84. The molecule has 21 heavy (non-hydrogen) atoms. The van der Waals surface area contributed by atoms with Gasteiger partial charge >= 0.3 is 0 Å². The number of aromatic nitrogens is 3. The highest BCUT2D eigenvalue weighted by molar-refractivity contribution is 6.03. The molecule has 0 aromatic carbocycles. The lowest BCUT2D eigenvalue weighted by Crippen LogP contribution is -2.10. The number of nitrogen functional groups attached to an aromatic ring is 1. The third-order valence-corrected chi connectivity index (χ3v) is 3.84. The molecule has 0 bridgehead atoms. The summed E-state index contributed by atoms with van der Waals surface area (Å²) < 4.78 is 14.8. The number of hydrogen-bond acceptors (Lipinski definition) is 3. The van der Waals surface area contributed by atoms with Crippen molar-refractivity contribution >= 4 is 17.2 Å². The first kappa shape index (κ1) is 12.1. The molecule has 1 saturated carbocycles. The second-order valence-electron chi connectivity index (χ2n) is 5.30. The van der Waals surface area contributed by atoms with Crippen LogP contribution in [0.2, 0.25) is 0 Å². The molecule has 1 fully saturated rings. The van der Waals surface area contributed by atoms with Crippen LogP contribution in [-0.4, -0.2) is 26.3 Å². The molecule has 3 aromatic rings. The maximum absolute atomic E-state index is 13.2. The van der Waals surface area contributed by atoms with Crippen LogP contribution in [0, 0.1) is 5.92 Å². The molecule has 4 rings (SSSR count). The van der Waals surface area contributed by atoms with Crippen molar-refractivity contribution in [3.05, 3.63) is 42.4 Å². The van der Waals surface area contributed by atoms with Crippen molar-refractivity contribution in [1.29, 1.82) is 0 Å². The Morgan fingerprint density at radius 2 is 2.24 bits per heavy atom. The van der Waals surface area contributed by atoms with Gasteiger partial charge in [-0.25, -0.2) is 9.37 Å². The number of pyridine rings is 1. The van der Waals surface area contributed by atoms with Crippen LogP contribution in [0.4, 0.5) is 10.2 Å². The van der Waals surface area contributed by atoms with Gasteiger partial charge in [-0.1, -0.05) is 0 Å².